The van der Waals surface area contributed by atoms with E-state index in [2.05, 4.69) is 0 Å². The standard InChI is InChI=1S/C20H19FN2O8S/c21-13-2-4-14(5-3-13)31-15-6-8-16(9-7-15)32(29,30)23(12-17(24)18(25)26)20(10-1-11-20)19(27)22-28/h2-9,28H,1,10-12H2,(H,22,27)(H,25,26). The molecular formula is C20H19FN2O8S. The molecule has 0 atom stereocenters. The van der Waals surface area contributed by atoms with Crippen LogP contribution in [-0.2, 0) is 24.4 Å². The number of carbonyl (C=O) groups is 3. The number of rotatable bonds is 9. The molecule has 170 valence electrons. The van der Waals surface area contributed by atoms with Crippen LogP contribution in [0, 0.1) is 5.82 Å². The summed E-state index contributed by atoms with van der Waals surface area (Å²) < 4.78 is 45.6. The third-order valence-electron chi connectivity index (χ3n) is 5.17. The molecule has 3 rings (SSSR count). The van der Waals surface area contributed by atoms with Crippen molar-refractivity contribution in [2.45, 2.75) is 29.7 Å². The van der Waals surface area contributed by atoms with Gasteiger partial charge in [0, 0.05) is 0 Å². The summed E-state index contributed by atoms with van der Waals surface area (Å²) in [5, 5.41) is 18.0. The van der Waals surface area contributed by atoms with Gasteiger partial charge in [-0.1, -0.05) is 0 Å². The maximum Gasteiger partial charge on any atom is 0.373 e. The number of nitrogens with one attached hydrogen (secondary N) is 1. The highest BCUT2D eigenvalue weighted by atomic mass is 32.2. The predicted molar refractivity (Wildman–Crippen MR) is 106 cm³/mol. The Bertz CT molecular complexity index is 1130. The molecule has 1 amide bonds. The van der Waals surface area contributed by atoms with E-state index in [1.165, 1.54) is 41.9 Å². The number of hydrogen-bond acceptors (Lipinski definition) is 7. The molecule has 1 aliphatic carbocycles. The van der Waals surface area contributed by atoms with Crippen LogP contribution in [0.15, 0.2) is 53.4 Å². The van der Waals surface area contributed by atoms with Gasteiger partial charge in [0.1, 0.15) is 22.9 Å². The first-order chi connectivity index (χ1) is 15.1. The number of sulfonamides is 1. The Morgan fingerprint density at radius 1 is 1.03 bits per heavy atom. The van der Waals surface area contributed by atoms with Crippen LogP contribution in [0.2, 0.25) is 0 Å². The maximum absolute atomic E-state index is 13.3. The van der Waals surface area contributed by atoms with Crippen molar-refractivity contribution in [3.63, 3.8) is 0 Å². The first-order valence-electron chi connectivity index (χ1n) is 9.37. The number of benzene rings is 2. The number of hydrogen-bond donors (Lipinski definition) is 3. The number of Topliss-reactive ketones (excluding diaryl/α,β-unsaturated/α-hetero) is 1. The van der Waals surface area contributed by atoms with E-state index in [1.54, 1.807) is 0 Å². The summed E-state index contributed by atoms with van der Waals surface area (Å²) in [6.45, 7) is -1.08. The zero-order chi connectivity index (χ0) is 23.5. The Kier molecular flexibility index (Phi) is 6.57. The molecule has 2 aromatic carbocycles. The van der Waals surface area contributed by atoms with Crippen LogP contribution in [0.25, 0.3) is 0 Å². The van der Waals surface area contributed by atoms with Crippen LogP contribution in [0.3, 0.4) is 0 Å². The van der Waals surface area contributed by atoms with Gasteiger partial charge in [-0.2, -0.15) is 4.31 Å². The van der Waals surface area contributed by atoms with Gasteiger partial charge in [0.2, 0.25) is 10.0 Å². The van der Waals surface area contributed by atoms with Crippen molar-refractivity contribution in [1.82, 2.24) is 9.79 Å². The Morgan fingerprint density at radius 2 is 1.56 bits per heavy atom. The smallest absolute Gasteiger partial charge is 0.373 e. The third-order valence-corrected chi connectivity index (χ3v) is 7.10. The van der Waals surface area contributed by atoms with Crippen LogP contribution in [-0.4, -0.2) is 52.8 Å². The highest BCUT2D eigenvalue weighted by Gasteiger charge is 2.54. The molecule has 0 radical (unpaired) electrons. The van der Waals surface area contributed by atoms with Gasteiger partial charge in [0.15, 0.2) is 0 Å². The van der Waals surface area contributed by atoms with E-state index in [0.717, 1.165) is 12.1 Å². The van der Waals surface area contributed by atoms with Gasteiger partial charge in [0.25, 0.3) is 11.7 Å². The van der Waals surface area contributed by atoms with Crippen molar-refractivity contribution in [3.05, 3.63) is 54.3 Å². The minimum Gasteiger partial charge on any atom is -0.475 e. The lowest BCUT2D eigenvalue weighted by Crippen LogP contribution is -2.65. The Balaban J connectivity index is 1.93. The first-order valence-corrected chi connectivity index (χ1v) is 10.8. The van der Waals surface area contributed by atoms with Crippen molar-refractivity contribution in [2.75, 3.05) is 6.54 Å². The molecule has 0 heterocycles. The number of halogens is 1. The van der Waals surface area contributed by atoms with Crippen LogP contribution in [0.5, 0.6) is 11.5 Å². The summed E-state index contributed by atoms with van der Waals surface area (Å²) in [6.07, 6.45) is 0.430. The molecule has 0 unspecified atom stereocenters. The molecule has 0 saturated heterocycles. The quantitative estimate of drug-likeness (QED) is 0.287. The topological polar surface area (TPSA) is 150 Å². The fourth-order valence-corrected chi connectivity index (χ4v) is 5.06. The van der Waals surface area contributed by atoms with Crippen LogP contribution in [0.1, 0.15) is 19.3 Å². The third kappa shape index (κ3) is 4.47. The van der Waals surface area contributed by atoms with Gasteiger partial charge in [0.05, 0.1) is 11.4 Å². The van der Waals surface area contributed by atoms with Gasteiger partial charge in [-0.3, -0.25) is 14.8 Å². The van der Waals surface area contributed by atoms with Gasteiger partial charge >= 0.3 is 5.97 Å². The van der Waals surface area contributed by atoms with Crippen molar-refractivity contribution < 1.29 is 42.2 Å². The second-order valence-corrected chi connectivity index (χ2v) is 8.96. The van der Waals surface area contributed by atoms with Crippen molar-refractivity contribution in [3.8, 4) is 11.5 Å². The molecule has 1 aliphatic rings. The molecule has 0 aromatic heterocycles. The normalized spacial score (nSPS) is 15.0. The largest absolute Gasteiger partial charge is 0.475 e. The lowest BCUT2D eigenvalue weighted by molar-refractivity contribution is -0.152. The summed E-state index contributed by atoms with van der Waals surface area (Å²) >= 11 is 0. The molecule has 0 aliphatic heterocycles. The summed E-state index contributed by atoms with van der Waals surface area (Å²) in [4.78, 5) is 34.9. The van der Waals surface area contributed by atoms with Crippen molar-refractivity contribution in [1.29, 1.82) is 0 Å². The zero-order valence-corrected chi connectivity index (χ0v) is 17.3. The second kappa shape index (κ2) is 9.02. The first kappa shape index (κ1) is 23.3. The average molecular weight is 466 g/mol. The maximum atomic E-state index is 13.3. The van der Waals surface area contributed by atoms with E-state index in [4.69, 9.17) is 15.1 Å². The zero-order valence-electron chi connectivity index (χ0n) is 16.5. The second-order valence-electron chi connectivity index (χ2n) is 7.09. The molecule has 0 bridgehead atoms. The number of nitrogens with zero attached hydrogens (tertiary/aromatic N) is 1. The number of ketones is 1. The lowest BCUT2D eigenvalue weighted by atomic mass is 9.76. The van der Waals surface area contributed by atoms with E-state index in [9.17, 15) is 27.2 Å². The van der Waals surface area contributed by atoms with Gasteiger partial charge in [-0.15, -0.1) is 0 Å². The van der Waals surface area contributed by atoms with Gasteiger partial charge in [-0.25, -0.2) is 23.1 Å². The van der Waals surface area contributed by atoms with E-state index in [-0.39, 0.29) is 23.5 Å². The Hall–Kier alpha value is -3.35. The molecule has 32 heavy (non-hydrogen) atoms. The average Bonchev–Trinajstić information content (AvgIpc) is 2.73. The summed E-state index contributed by atoms with van der Waals surface area (Å²) in [7, 11) is -4.53. The van der Waals surface area contributed by atoms with E-state index < -0.39 is 45.6 Å². The highest BCUT2D eigenvalue weighted by Crippen LogP contribution is 2.41. The fraction of sp³-hybridized carbons (Fsp3) is 0.250. The Morgan fingerprint density at radius 3 is 2.00 bits per heavy atom. The van der Waals surface area contributed by atoms with E-state index in [0.29, 0.717) is 16.5 Å². The fourth-order valence-electron chi connectivity index (χ4n) is 3.32. The monoisotopic (exact) mass is 466 g/mol. The highest BCUT2D eigenvalue weighted by molar-refractivity contribution is 7.89. The minimum absolute atomic E-state index is 0.00269. The molecule has 0 spiro atoms. The van der Waals surface area contributed by atoms with Crippen molar-refractivity contribution in [2.24, 2.45) is 0 Å². The van der Waals surface area contributed by atoms with Crippen LogP contribution < -0.4 is 10.2 Å². The van der Waals surface area contributed by atoms with E-state index >= 15 is 0 Å². The summed E-state index contributed by atoms with van der Waals surface area (Å²) in [5.41, 5.74) is -0.386. The molecule has 12 heteroatoms. The minimum atomic E-state index is -4.53. The number of carboxylic acid groups (broad SMARTS) is 1. The number of amides is 1. The van der Waals surface area contributed by atoms with Gasteiger partial charge in [-0.05, 0) is 67.8 Å². The summed E-state index contributed by atoms with van der Waals surface area (Å²) in [5.74, 6) is -4.25. The Labute approximate surface area is 182 Å². The SMILES string of the molecule is O=C(O)C(=O)CN(C1(C(=O)NO)CCC1)S(=O)(=O)c1ccc(Oc2ccc(F)cc2)cc1. The molecular weight excluding hydrogens is 447 g/mol. The van der Waals surface area contributed by atoms with Gasteiger partial charge < -0.3 is 9.84 Å². The van der Waals surface area contributed by atoms with Crippen LogP contribution >= 0.6 is 0 Å². The molecule has 2 aromatic rings. The number of aliphatic carboxylic acids is 1. The molecule has 1 saturated carbocycles. The van der Waals surface area contributed by atoms with Crippen molar-refractivity contribution >= 4 is 27.7 Å². The van der Waals surface area contributed by atoms with E-state index in [1.807, 2.05) is 0 Å². The van der Waals surface area contributed by atoms with Crippen LogP contribution in [0.4, 0.5) is 4.39 Å². The molecule has 10 nitrogen and oxygen atoms in total. The summed E-state index contributed by atoms with van der Waals surface area (Å²) in [6, 6.07) is 10.1. The number of carbonyl (C=O) groups excluding carboxylic acids is 2. The predicted octanol–water partition coefficient (Wildman–Crippen LogP) is 1.69. The lowest BCUT2D eigenvalue weighted by Gasteiger charge is -2.46. The number of carboxylic acids is 1. The molecule has 3 N–H and O–H groups in total. The number of hydroxylamine groups is 1. The molecule has 1 fully saturated rings. The number of ether oxygens (including phenoxy) is 1.